The van der Waals surface area contributed by atoms with Crippen molar-refractivity contribution >= 4 is 5.91 Å². The van der Waals surface area contributed by atoms with Crippen molar-refractivity contribution in [2.75, 3.05) is 26.7 Å². The number of hydrogen-bond donors (Lipinski definition) is 1. The zero-order valence-electron chi connectivity index (χ0n) is 12.9. The van der Waals surface area contributed by atoms with Crippen molar-refractivity contribution in [3.05, 3.63) is 0 Å². The third-order valence-corrected chi connectivity index (χ3v) is 4.47. The molecule has 1 amide bonds. The molecule has 2 rings (SSSR count). The fourth-order valence-electron chi connectivity index (χ4n) is 3.36. The van der Waals surface area contributed by atoms with E-state index in [0.717, 1.165) is 25.9 Å². The average molecular weight is 267 g/mol. The summed E-state index contributed by atoms with van der Waals surface area (Å²) >= 11 is 0. The number of nitrogens with zero attached hydrogens (tertiary/aromatic N) is 2. The first-order valence-electron chi connectivity index (χ1n) is 7.78. The van der Waals surface area contributed by atoms with Crippen LogP contribution in [0.5, 0.6) is 0 Å². The molecule has 4 nitrogen and oxygen atoms in total. The molecule has 0 spiro atoms. The first kappa shape index (κ1) is 14.8. The van der Waals surface area contributed by atoms with Gasteiger partial charge in [0.15, 0.2) is 0 Å². The van der Waals surface area contributed by atoms with Crippen molar-refractivity contribution < 1.29 is 4.79 Å². The monoisotopic (exact) mass is 267 g/mol. The Labute approximate surface area is 117 Å². The molecule has 2 fully saturated rings. The number of hydrogen-bond acceptors (Lipinski definition) is 3. The summed E-state index contributed by atoms with van der Waals surface area (Å²) in [6.45, 7) is 9.69. The molecule has 0 bridgehead atoms. The van der Waals surface area contributed by atoms with Crippen molar-refractivity contribution in [2.45, 2.75) is 52.2 Å². The molecule has 4 heteroatoms. The predicted octanol–water partition coefficient (Wildman–Crippen LogP) is 1.52. The molecular formula is C15H29N3O. The fourth-order valence-corrected chi connectivity index (χ4v) is 3.36. The Morgan fingerprint density at radius 1 is 1.42 bits per heavy atom. The number of carbonyl (C=O) groups is 1. The summed E-state index contributed by atoms with van der Waals surface area (Å²) in [5.41, 5.74) is 0. The second-order valence-electron chi connectivity index (χ2n) is 6.60. The van der Waals surface area contributed by atoms with Crippen LogP contribution < -0.4 is 5.32 Å². The first-order valence-corrected chi connectivity index (χ1v) is 7.78. The van der Waals surface area contributed by atoms with E-state index in [1.54, 1.807) is 0 Å². The summed E-state index contributed by atoms with van der Waals surface area (Å²) in [7, 11) is 2.17. The maximum Gasteiger partial charge on any atom is 0.241 e. The topological polar surface area (TPSA) is 35.6 Å². The van der Waals surface area contributed by atoms with E-state index < -0.39 is 0 Å². The maximum absolute atomic E-state index is 12.6. The number of likely N-dealkylation sites (tertiary alicyclic amines) is 1. The molecule has 3 unspecified atom stereocenters. The van der Waals surface area contributed by atoms with Crippen LogP contribution in [-0.2, 0) is 4.79 Å². The second kappa shape index (κ2) is 6.23. The van der Waals surface area contributed by atoms with Crippen LogP contribution in [0.15, 0.2) is 0 Å². The van der Waals surface area contributed by atoms with Crippen LogP contribution in [-0.4, -0.2) is 54.6 Å². The van der Waals surface area contributed by atoms with Gasteiger partial charge in [0.1, 0.15) is 0 Å². The lowest BCUT2D eigenvalue weighted by molar-refractivity contribution is -0.131. The standard InChI is InChI=1S/C15H29N3O/c1-5-6-13-16-14(11(2)3)15(19)18(13)10-12-7-8-17(4)9-12/h11-14,16H,5-10H2,1-4H3. The van der Waals surface area contributed by atoms with E-state index in [2.05, 4.69) is 42.9 Å². The SMILES string of the molecule is CCCC1NC(C(C)C)C(=O)N1CC1CCN(C)C1. The Bertz CT molecular complexity index is 319. The Morgan fingerprint density at radius 3 is 2.68 bits per heavy atom. The molecule has 0 aromatic rings. The van der Waals surface area contributed by atoms with Gasteiger partial charge in [-0.2, -0.15) is 0 Å². The molecular weight excluding hydrogens is 238 g/mol. The molecule has 0 aromatic carbocycles. The van der Waals surface area contributed by atoms with Crippen LogP contribution in [0.2, 0.25) is 0 Å². The minimum Gasteiger partial charge on any atom is -0.325 e. The highest BCUT2D eigenvalue weighted by atomic mass is 16.2. The smallest absolute Gasteiger partial charge is 0.241 e. The Hall–Kier alpha value is -0.610. The van der Waals surface area contributed by atoms with Crippen molar-refractivity contribution in [3.63, 3.8) is 0 Å². The molecule has 110 valence electrons. The summed E-state index contributed by atoms with van der Waals surface area (Å²) in [4.78, 5) is 17.0. The van der Waals surface area contributed by atoms with Crippen LogP contribution in [0.3, 0.4) is 0 Å². The molecule has 2 saturated heterocycles. The van der Waals surface area contributed by atoms with Gasteiger partial charge in [0.05, 0.1) is 12.2 Å². The maximum atomic E-state index is 12.6. The number of amides is 1. The molecule has 1 N–H and O–H groups in total. The zero-order valence-corrected chi connectivity index (χ0v) is 12.9. The van der Waals surface area contributed by atoms with Gasteiger partial charge < -0.3 is 9.80 Å². The quantitative estimate of drug-likeness (QED) is 0.820. The molecule has 2 aliphatic heterocycles. The lowest BCUT2D eigenvalue weighted by atomic mass is 10.0. The Kier molecular flexibility index (Phi) is 4.85. The third-order valence-electron chi connectivity index (χ3n) is 4.47. The van der Waals surface area contributed by atoms with E-state index in [1.807, 2.05) is 0 Å². The number of rotatable bonds is 5. The summed E-state index contributed by atoms with van der Waals surface area (Å²) < 4.78 is 0. The minimum atomic E-state index is 0.0238. The van der Waals surface area contributed by atoms with Crippen molar-refractivity contribution in [2.24, 2.45) is 11.8 Å². The second-order valence-corrected chi connectivity index (χ2v) is 6.60. The van der Waals surface area contributed by atoms with E-state index in [4.69, 9.17) is 0 Å². The van der Waals surface area contributed by atoms with Gasteiger partial charge in [-0.05, 0) is 38.3 Å². The van der Waals surface area contributed by atoms with E-state index >= 15 is 0 Å². The van der Waals surface area contributed by atoms with E-state index in [0.29, 0.717) is 17.7 Å². The van der Waals surface area contributed by atoms with E-state index in [-0.39, 0.29) is 12.2 Å². The van der Waals surface area contributed by atoms with Crippen LogP contribution in [0.1, 0.15) is 40.0 Å². The Balaban J connectivity index is 2.00. The normalized spacial score (nSPS) is 32.8. The van der Waals surface area contributed by atoms with Gasteiger partial charge in [-0.15, -0.1) is 0 Å². The van der Waals surface area contributed by atoms with Crippen molar-refractivity contribution in [3.8, 4) is 0 Å². The van der Waals surface area contributed by atoms with Gasteiger partial charge in [0.25, 0.3) is 0 Å². The molecule has 2 aliphatic rings. The van der Waals surface area contributed by atoms with Gasteiger partial charge in [-0.1, -0.05) is 27.2 Å². The number of carbonyl (C=O) groups excluding carboxylic acids is 1. The lowest BCUT2D eigenvalue weighted by Gasteiger charge is -2.26. The molecule has 19 heavy (non-hydrogen) atoms. The Morgan fingerprint density at radius 2 is 2.16 bits per heavy atom. The predicted molar refractivity (Wildman–Crippen MR) is 77.8 cm³/mol. The first-order chi connectivity index (χ1) is 9.02. The summed E-state index contributed by atoms with van der Waals surface area (Å²) in [6.07, 6.45) is 3.68. The van der Waals surface area contributed by atoms with Crippen molar-refractivity contribution in [1.82, 2.24) is 15.1 Å². The highest BCUT2D eigenvalue weighted by Gasteiger charge is 2.40. The molecule has 0 saturated carbocycles. The van der Waals surface area contributed by atoms with E-state index in [9.17, 15) is 4.79 Å². The number of nitrogens with one attached hydrogen (secondary N) is 1. The average Bonchev–Trinajstić information content (AvgIpc) is 2.88. The highest BCUT2D eigenvalue weighted by molar-refractivity contribution is 5.84. The van der Waals surface area contributed by atoms with Crippen LogP contribution in [0, 0.1) is 11.8 Å². The third kappa shape index (κ3) is 3.29. The highest BCUT2D eigenvalue weighted by Crippen LogP contribution is 2.24. The van der Waals surface area contributed by atoms with Gasteiger partial charge in [-0.3, -0.25) is 10.1 Å². The molecule has 3 atom stereocenters. The van der Waals surface area contributed by atoms with Crippen LogP contribution in [0.25, 0.3) is 0 Å². The zero-order chi connectivity index (χ0) is 14.0. The van der Waals surface area contributed by atoms with Gasteiger partial charge in [0, 0.05) is 13.1 Å². The van der Waals surface area contributed by atoms with Crippen molar-refractivity contribution in [1.29, 1.82) is 0 Å². The van der Waals surface area contributed by atoms with Gasteiger partial charge >= 0.3 is 0 Å². The van der Waals surface area contributed by atoms with Crippen LogP contribution in [0.4, 0.5) is 0 Å². The van der Waals surface area contributed by atoms with Crippen LogP contribution >= 0.6 is 0 Å². The van der Waals surface area contributed by atoms with E-state index in [1.165, 1.54) is 13.0 Å². The minimum absolute atomic E-state index is 0.0238. The molecule has 0 radical (unpaired) electrons. The fraction of sp³-hybridized carbons (Fsp3) is 0.933. The summed E-state index contributed by atoms with van der Waals surface area (Å²) in [5, 5.41) is 3.54. The molecule has 0 aromatic heterocycles. The van der Waals surface area contributed by atoms with Gasteiger partial charge in [0.2, 0.25) is 5.91 Å². The molecule has 2 heterocycles. The lowest BCUT2D eigenvalue weighted by Crippen LogP contribution is -2.40. The summed E-state index contributed by atoms with van der Waals surface area (Å²) in [5.74, 6) is 1.35. The molecule has 0 aliphatic carbocycles. The largest absolute Gasteiger partial charge is 0.325 e. The summed E-state index contributed by atoms with van der Waals surface area (Å²) in [6, 6.07) is 0.0238. The van der Waals surface area contributed by atoms with Gasteiger partial charge in [-0.25, -0.2) is 0 Å².